The Kier molecular flexibility index (Phi) is 10.8. The van der Waals surface area contributed by atoms with Crippen molar-refractivity contribution in [1.29, 1.82) is 0 Å². The quantitative estimate of drug-likeness (QED) is 0.318. The topological polar surface area (TPSA) is 0 Å². The predicted octanol–water partition coefficient (Wildman–Crippen LogP) is 4.26. The van der Waals surface area contributed by atoms with Crippen LogP contribution in [0.4, 0.5) is 0 Å². The molecule has 0 aromatic carbocycles. The van der Waals surface area contributed by atoms with E-state index >= 15 is 0 Å². The van der Waals surface area contributed by atoms with Crippen LogP contribution in [0.5, 0.6) is 0 Å². The monoisotopic (exact) mass is 188 g/mol. The molecule has 0 nitrogen and oxygen atoms in total. The van der Waals surface area contributed by atoms with Crippen LogP contribution in [0.2, 0.25) is 0 Å². The summed E-state index contributed by atoms with van der Waals surface area (Å²) >= 11 is 0. The summed E-state index contributed by atoms with van der Waals surface area (Å²) in [6.45, 7) is 2.23. The highest BCUT2D eigenvalue weighted by atomic mass is 13.9. The largest absolute Gasteiger partial charge is 0.115 e. The fourth-order valence-corrected chi connectivity index (χ4v) is 1.10. The molecule has 0 amide bonds. The molecule has 0 heteroatoms. The lowest BCUT2D eigenvalue weighted by atomic mass is 10.1. The molecule has 14 heavy (non-hydrogen) atoms. The maximum atomic E-state index is 5.05. The maximum Gasteiger partial charge on any atom is -0.0122 e. The van der Waals surface area contributed by atoms with E-state index in [9.17, 15) is 0 Å². The van der Waals surface area contributed by atoms with Gasteiger partial charge in [0, 0.05) is 0 Å². The minimum Gasteiger partial charge on any atom is -0.115 e. The Morgan fingerprint density at radius 2 is 1.79 bits per heavy atom. The zero-order valence-corrected chi connectivity index (χ0v) is 9.08. The zero-order valence-electron chi connectivity index (χ0n) is 9.08. The molecule has 0 unspecified atom stereocenters. The summed E-state index contributed by atoms with van der Waals surface area (Å²) in [5.74, 6) is 2.44. The zero-order chi connectivity index (χ0) is 10.5. The van der Waals surface area contributed by atoms with Gasteiger partial charge in [-0.15, -0.1) is 6.42 Å². The third-order valence-corrected chi connectivity index (χ3v) is 1.89. The molecule has 0 bridgehead atoms. The highest BCUT2D eigenvalue weighted by Gasteiger charge is 1.82. The van der Waals surface area contributed by atoms with Crippen molar-refractivity contribution in [3.8, 4) is 12.3 Å². The number of rotatable bonds is 7. The Hall–Kier alpha value is -1.22. The molecule has 0 radical (unpaired) electrons. The van der Waals surface area contributed by atoms with Crippen LogP contribution in [0.15, 0.2) is 36.5 Å². The first-order chi connectivity index (χ1) is 6.91. The average Bonchev–Trinajstić information content (AvgIpc) is 2.21. The SMILES string of the molecule is C#C/C=C/C=C/C=C/CCCCCC. The van der Waals surface area contributed by atoms with Crippen LogP contribution in [0.3, 0.4) is 0 Å². The van der Waals surface area contributed by atoms with Crippen LogP contribution in [-0.4, -0.2) is 0 Å². The summed E-state index contributed by atoms with van der Waals surface area (Å²) in [5.41, 5.74) is 0. The molecule has 0 heterocycles. The van der Waals surface area contributed by atoms with Gasteiger partial charge in [0.2, 0.25) is 0 Å². The Balaban J connectivity index is 3.32. The number of hydrogen-bond donors (Lipinski definition) is 0. The Labute approximate surface area is 88.4 Å². The van der Waals surface area contributed by atoms with Crippen molar-refractivity contribution in [2.45, 2.75) is 39.0 Å². The molecule has 0 aliphatic heterocycles. The van der Waals surface area contributed by atoms with Gasteiger partial charge in [-0.25, -0.2) is 0 Å². The van der Waals surface area contributed by atoms with Crippen molar-refractivity contribution in [3.63, 3.8) is 0 Å². The van der Waals surface area contributed by atoms with E-state index in [4.69, 9.17) is 6.42 Å². The van der Waals surface area contributed by atoms with Gasteiger partial charge in [0.25, 0.3) is 0 Å². The average molecular weight is 188 g/mol. The highest BCUT2D eigenvalue weighted by Crippen LogP contribution is 2.02. The summed E-state index contributed by atoms with van der Waals surface area (Å²) in [6.07, 6.45) is 23.3. The minimum absolute atomic E-state index is 1.18. The van der Waals surface area contributed by atoms with E-state index in [0.717, 1.165) is 0 Å². The number of terminal acetylenes is 1. The number of hydrogen-bond acceptors (Lipinski definition) is 0. The molecule has 0 N–H and O–H groups in total. The smallest absolute Gasteiger partial charge is 0.0122 e. The third-order valence-electron chi connectivity index (χ3n) is 1.89. The third kappa shape index (κ3) is 10.8. The fourth-order valence-electron chi connectivity index (χ4n) is 1.10. The lowest BCUT2D eigenvalue weighted by molar-refractivity contribution is 0.674. The molecular weight excluding hydrogens is 168 g/mol. The van der Waals surface area contributed by atoms with Gasteiger partial charge < -0.3 is 0 Å². The molecule has 76 valence electrons. The minimum atomic E-state index is 1.18. The second-order valence-corrected chi connectivity index (χ2v) is 3.19. The van der Waals surface area contributed by atoms with E-state index in [-0.39, 0.29) is 0 Å². The van der Waals surface area contributed by atoms with Crippen molar-refractivity contribution in [1.82, 2.24) is 0 Å². The van der Waals surface area contributed by atoms with E-state index in [1.165, 1.54) is 32.1 Å². The lowest BCUT2D eigenvalue weighted by Crippen LogP contribution is -1.72. The van der Waals surface area contributed by atoms with Gasteiger partial charge in [0.1, 0.15) is 0 Å². The number of allylic oxidation sites excluding steroid dienone is 6. The normalized spacial score (nSPS) is 11.7. The maximum absolute atomic E-state index is 5.05. The summed E-state index contributed by atoms with van der Waals surface area (Å²) in [4.78, 5) is 0. The van der Waals surface area contributed by atoms with E-state index < -0.39 is 0 Å². The van der Waals surface area contributed by atoms with Gasteiger partial charge >= 0.3 is 0 Å². The summed E-state index contributed by atoms with van der Waals surface area (Å²) in [6, 6.07) is 0. The second kappa shape index (κ2) is 11.8. The molecule has 0 atom stereocenters. The van der Waals surface area contributed by atoms with Gasteiger partial charge in [-0.3, -0.25) is 0 Å². The lowest BCUT2D eigenvalue weighted by Gasteiger charge is -1.92. The van der Waals surface area contributed by atoms with Crippen molar-refractivity contribution in [2.75, 3.05) is 0 Å². The van der Waals surface area contributed by atoms with Gasteiger partial charge in [0.05, 0.1) is 0 Å². The first-order valence-electron chi connectivity index (χ1n) is 5.36. The van der Waals surface area contributed by atoms with Crippen molar-refractivity contribution in [3.05, 3.63) is 36.5 Å². The highest BCUT2D eigenvalue weighted by molar-refractivity contribution is 5.18. The van der Waals surface area contributed by atoms with Gasteiger partial charge in [0.15, 0.2) is 0 Å². The molecule has 0 aliphatic carbocycles. The first kappa shape index (κ1) is 12.8. The van der Waals surface area contributed by atoms with Gasteiger partial charge in [-0.1, -0.05) is 62.5 Å². The van der Waals surface area contributed by atoms with Crippen molar-refractivity contribution < 1.29 is 0 Å². The molecule has 0 rings (SSSR count). The fraction of sp³-hybridized carbons (Fsp3) is 0.429. The predicted molar refractivity (Wildman–Crippen MR) is 65.0 cm³/mol. The van der Waals surface area contributed by atoms with Crippen LogP contribution in [0.1, 0.15) is 39.0 Å². The van der Waals surface area contributed by atoms with E-state index in [0.29, 0.717) is 0 Å². The van der Waals surface area contributed by atoms with Gasteiger partial charge in [-0.2, -0.15) is 0 Å². The van der Waals surface area contributed by atoms with Crippen molar-refractivity contribution >= 4 is 0 Å². The first-order valence-corrected chi connectivity index (χ1v) is 5.36. The van der Waals surface area contributed by atoms with Gasteiger partial charge in [-0.05, 0) is 18.9 Å². The molecule has 0 aromatic rings. The number of unbranched alkanes of at least 4 members (excludes halogenated alkanes) is 4. The van der Waals surface area contributed by atoms with Crippen LogP contribution >= 0.6 is 0 Å². The van der Waals surface area contributed by atoms with E-state index in [1.807, 2.05) is 18.2 Å². The molecule has 0 saturated carbocycles. The Bertz CT molecular complexity index is 223. The van der Waals surface area contributed by atoms with Crippen molar-refractivity contribution in [2.24, 2.45) is 0 Å². The Morgan fingerprint density at radius 3 is 2.50 bits per heavy atom. The van der Waals surface area contributed by atoms with E-state index in [2.05, 4.69) is 25.0 Å². The summed E-state index contributed by atoms with van der Waals surface area (Å²) in [5, 5.41) is 0. The molecular formula is C14H20. The second-order valence-electron chi connectivity index (χ2n) is 3.19. The molecule has 0 aromatic heterocycles. The van der Waals surface area contributed by atoms with Crippen LogP contribution < -0.4 is 0 Å². The Morgan fingerprint density at radius 1 is 1.00 bits per heavy atom. The molecule has 0 aliphatic rings. The molecule has 0 saturated heterocycles. The summed E-state index contributed by atoms with van der Waals surface area (Å²) < 4.78 is 0. The molecule has 0 fully saturated rings. The van der Waals surface area contributed by atoms with E-state index in [1.54, 1.807) is 6.08 Å². The summed E-state index contributed by atoms with van der Waals surface area (Å²) in [7, 11) is 0. The van der Waals surface area contributed by atoms with Crippen LogP contribution in [-0.2, 0) is 0 Å². The van der Waals surface area contributed by atoms with Crippen LogP contribution in [0, 0.1) is 12.3 Å². The molecule has 0 spiro atoms. The standard InChI is InChI=1S/C14H20/c1-3-5-7-9-11-13-14-12-10-8-6-4-2/h1,5,7,9,11,13-14H,4,6,8,10,12H2,2H3/b7-5+,11-9+,14-13+. The van der Waals surface area contributed by atoms with Crippen LogP contribution in [0.25, 0.3) is 0 Å².